The molecule has 0 heterocycles. The monoisotopic (exact) mass is 279 g/mol. The van der Waals surface area contributed by atoms with Gasteiger partial charge in [0, 0.05) is 6.42 Å². The van der Waals surface area contributed by atoms with Gasteiger partial charge in [-0.2, -0.15) is 0 Å². The van der Waals surface area contributed by atoms with Crippen LogP contribution < -0.4 is 10.1 Å². The van der Waals surface area contributed by atoms with Crippen LogP contribution in [-0.2, 0) is 11.2 Å². The second kappa shape index (κ2) is 9.37. The summed E-state index contributed by atoms with van der Waals surface area (Å²) in [5.74, 6) is -0.0233. The molecule has 4 heteroatoms. The highest BCUT2D eigenvalue weighted by Crippen LogP contribution is 2.13. The topological polar surface area (TPSA) is 58.6 Å². The summed E-state index contributed by atoms with van der Waals surface area (Å²) in [5, 5.41) is 12.1. The third-order valence-corrected chi connectivity index (χ3v) is 3.08. The molecular weight excluding hydrogens is 254 g/mol. The van der Waals surface area contributed by atoms with Crippen LogP contribution >= 0.6 is 0 Å². The molecule has 4 nitrogen and oxygen atoms in total. The van der Waals surface area contributed by atoms with E-state index in [-0.39, 0.29) is 0 Å². The van der Waals surface area contributed by atoms with Crippen molar-refractivity contribution in [2.45, 2.75) is 45.6 Å². The molecule has 0 spiro atoms. The Balaban J connectivity index is 2.36. The summed E-state index contributed by atoms with van der Waals surface area (Å²) >= 11 is 0. The molecule has 0 radical (unpaired) electrons. The Morgan fingerprint density at radius 3 is 2.50 bits per heavy atom. The van der Waals surface area contributed by atoms with Crippen molar-refractivity contribution in [3.05, 3.63) is 29.8 Å². The molecule has 1 aromatic rings. The molecule has 1 aromatic carbocycles. The van der Waals surface area contributed by atoms with Gasteiger partial charge in [0.15, 0.2) is 0 Å². The van der Waals surface area contributed by atoms with Crippen LogP contribution in [-0.4, -0.2) is 30.3 Å². The molecule has 1 unspecified atom stereocenters. The zero-order valence-corrected chi connectivity index (χ0v) is 12.4. The number of ether oxygens (including phenoxy) is 1. The van der Waals surface area contributed by atoms with Crippen LogP contribution in [0.1, 0.15) is 38.7 Å². The minimum atomic E-state index is -0.819. The van der Waals surface area contributed by atoms with Gasteiger partial charge in [0.1, 0.15) is 11.8 Å². The third kappa shape index (κ3) is 6.06. The molecule has 1 atom stereocenters. The Labute approximate surface area is 121 Å². The number of carboxylic acids is 1. The summed E-state index contributed by atoms with van der Waals surface area (Å²) < 4.78 is 5.60. The van der Waals surface area contributed by atoms with Gasteiger partial charge in [-0.15, -0.1) is 0 Å². The number of carboxylic acid groups (broad SMARTS) is 1. The van der Waals surface area contributed by atoms with Gasteiger partial charge in [-0.1, -0.05) is 32.4 Å². The lowest BCUT2D eigenvalue weighted by Gasteiger charge is -2.14. The van der Waals surface area contributed by atoms with Crippen LogP contribution in [0.15, 0.2) is 24.3 Å². The SMILES string of the molecule is CCCNC(CCOc1ccc(CCC)cc1)C(=O)O. The average Bonchev–Trinajstić information content (AvgIpc) is 2.44. The molecule has 0 amide bonds. The summed E-state index contributed by atoms with van der Waals surface area (Å²) in [5.41, 5.74) is 1.30. The second-order valence-electron chi connectivity index (χ2n) is 4.88. The molecule has 20 heavy (non-hydrogen) atoms. The lowest BCUT2D eigenvalue weighted by atomic mass is 10.1. The first-order valence-corrected chi connectivity index (χ1v) is 7.35. The predicted octanol–water partition coefficient (Wildman–Crippen LogP) is 2.86. The van der Waals surface area contributed by atoms with Crippen LogP contribution in [0.4, 0.5) is 0 Å². The fourth-order valence-electron chi connectivity index (χ4n) is 1.97. The molecule has 2 N–H and O–H groups in total. The Morgan fingerprint density at radius 2 is 1.95 bits per heavy atom. The molecule has 112 valence electrons. The van der Waals surface area contributed by atoms with Crippen molar-refractivity contribution in [2.24, 2.45) is 0 Å². The third-order valence-electron chi connectivity index (χ3n) is 3.08. The van der Waals surface area contributed by atoms with Gasteiger partial charge in [-0.25, -0.2) is 0 Å². The van der Waals surface area contributed by atoms with E-state index in [1.165, 1.54) is 5.56 Å². The molecule has 0 aliphatic carbocycles. The van der Waals surface area contributed by atoms with E-state index >= 15 is 0 Å². The van der Waals surface area contributed by atoms with E-state index in [2.05, 4.69) is 24.4 Å². The first-order chi connectivity index (χ1) is 9.67. The van der Waals surface area contributed by atoms with Crippen LogP contribution in [0.2, 0.25) is 0 Å². The standard InChI is InChI=1S/C16H25NO3/c1-3-5-13-6-8-14(9-7-13)20-12-10-15(16(18)19)17-11-4-2/h6-9,15,17H,3-5,10-12H2,1-2H3,(H,18,19). The van der Waals surface area contributed by atoms with Crippen molar-refractivity contribution in [2.75, 3.05) is 13.2 Å². The molecular formula is C16H25NO3. The number of aryl methyl sites for hydroxylation is 1. The molecule has 0 aliphatic rings. The quantitative estimate of drug-likeness (QED) is 0.691. The van der Waals surface area contributed by atoms with Gasteiger partial charge in [0.25, 0.3) is 0 Å². The Kier molecular flexibility index (Phi) is 7.73. The van der Waals surface area contributed by atoms with Crippen molar-refractivity contribution in [3.8, 4) is 5.75 Å². The summed E-state index contributed by atoms with van der Waals surface area (Å²) in [6, 6.07) is 7.47. The fourth-order valence-corrected chi connectivity index (χ4v) is 1.97. The number of aliphatic carboxylic acids is 1. The van der Waals surface area contributed by atoms with Crippen LogP contribution in [0, 0.1) is 0 Å². The zero-order chi connectivity index (χ0) is 14.8. The van der Waals surface area contributed by atoms with Gasteiger partial charge in [-0.3, -0.25) is 4.79 Å². The van der Waals surface area contributed by atoms with E-state index in [1.54, 1.807) is 0 Å². The smallest absolute Gasteiger partial charge is 0.320 e. The molecule has 0 bridgehead atoms. The Hall–Kier alpha value is -1.55. The van der Waals surface area contributed by atoms with Crippen molar-refractivity contribution in [1.29, 1.82) is 0 Å². The fraction of sp³-hybridized carbons (Fsp3) is 0.562. The first kappa shape index (κ1) is 16.5. The Bertz CT molecular complexity index is 389. The van der Waals surface area contributed by atoms with Gasteiger partial charge in [-0.05, 0) is 37.1 Å². The van der Waals surface area contributed by atoms with Gasteiger partial charge < -0.3 is 15.2 Å². The van der Waals surface area contributed by atoms with Crippen molar-refractivity contribution >= 4 is 5.97 Å². The normalized spacial score (nSPS) is 12.1. The van der Waals surface area contributed by atoms with Crippen molar-refractivity contribution in [1.82, 2.24) is 5.32 Å². The number of rotatable bonds is 10. The summed E-state index contributed by atoms with van der Waals surface area (Å²) in [4.78, 5) is 11.0. The van der Waals surface area contributed by atoms with E-state index in [0.29, 0.717) is 19.6 Å². The lowest BCUT2D eigenvalue weighted by Crippen LogP contribution is -2.38. The van der Waals surface area contributed by atoms with Gasteiger partial charge >= 0.3 is 5.97 Å². The minimum absolute atomic E-state index is 0.404. The lowest BCUT2D eigenvalue weighted by molar-refractivity contribution is -0.139. The molecule has 0 saturated carbocycles. The molecule has 0 fully saturated rings. The number of carbonyl (C=O) groups is 1. The molecule has 1 rings (SSSR count). The maximum absolute atomic E-state index is 11.0. The summed E-state index contributed by atoms with van der Waals surface area (Å²) in [6.45, 7) is 5.28. The highest BCUT2D eigenvalue weighted by atomic mass is 16.5. The van der Waals surface area contributed by atoms with Crippen LogP contribution in [0.25, 0.3) is 0 Å². The molecule has 0 saturated heterocycles. The maximum Gasteiger partial charge on any atom is 0.320 e. The maximum atomic E-state index is 11.0. The Morgan fingerprint density at radius 1 is 1.25 bits per heavy atom. The minimum Gasteiger partial charge on any atom is -0.494 e. The van der Waals surface area contributed by atoms with E-state index in [9.17, 15) is 4.79 Å². The van der Waals surface area contributed by atoms with Crippen LogP contribution in [0.5, 0.6) is 5.75 Å². The number of nitrogens with one attached hydrogen (secondary N) is 1. The van der Waals surface area contributed by atoms with Gasteiger partial charge in [0.2, 0.25) is 0 Å². The zero-order valence-electron chi connectivity index (χ0n) is 12.4. The van der Waals surface area contributed by atoms with Gasteiger partial charge in [0.05, 0.1) is 6.61 Å². The van der Waals surface area contributed by atoms with E-state index in [1.807, 2.05) is 19.1 Å². The van der Waals surface area contributed by atoms with E-state index < -0.39 is 12.0 Å². The second-order valence-corrected chi connectivity index (χ2v) is 4.88. The highest BCUT2D eigenvalue weighted by molar-refractivity contribution is 5.73. The largest absolute Gasteiger partial charge is 0.494 e. The highest BCUT2D eigenvalue weighted by Gasteiger charge is 2.15. The van der Waals surface area contributed by atoms with Crippen LogP contribution in [0.3, 0.4) is 0 Å². The predicted molar refractivity (Wildman–Crippen MR) is 80.3 cm³/mol. The van der Waals surface area contributed by atoms with Crippen molar-refractivity contribution < 1.29 is 14.6 Å². The number of hydrogen-bond donors (Lipinski definition) is 2. The van der Waals surface area contributed by atoms with Crippen molar-refractivity contribution in [3.63, 3.8) is 0 Å². The average molecular weight is 279 g/mol. The molecule has 0 aliphatic heterocycles. The van der Waals surface area contributed by atoms with E-state index in [4.69, 9.17) is 9.84 Å². The number of benzene rings is 1. The molecule has 0 aromatic heterocycles. The summed E-state index contributed by atoms with van der Waals surface area (Å²) in [7, 11) is 0. The first-order valence-electron chi connectivity index (χ1n) is 7.35. The number of hydrogen-bond acceptors (Lipinski definition) is 3. The van der Waals surface area contributed by atoms with E-state index in [0.717, 1.165) is 25.0 Å². The summed E-state index contributed by atoms with van der Waals surface area (Å²) in [6.07, 6.45) is 3.58.